The van der Waals surface area contributed by atoms with Gasteiger partial charge < -0.3 is 9.80 Å². The standard InChI is InChI=1S/C19H20N4O/c1-14(2)17-9-8-15(12-20)19(21-17)22-10-11-23(18(24)13-22)16-6-4-3-5-7-16/h3-9,14H,10-11,13H2,1-2H3. The molecule has 5 heteroatoms. The van der Waals surface area contributed by atoms with E-state index in [1.54, 1.807) is 11.0 Å². The van der Waals surface area contributed by atoms with Gasteiger partial charge in [0.1, 0.15) is 11.9 Å². The van der Waals surface area contributed by atoms with Gasteiger partial charge in [-0.2, -0.15) is 5.26 Å². The maximum absolute atomic E-state index is 12.6. The fourth-order valence-electron chi connectivity index (χ4n) is 2.85. The molecule has 1 fully saturated rings. The van der Waals surface area contributed by atoms with E-state index >= 15 is 0 Å². The third-order valence-corrected chi connectivity index (χ3v) is 4.20. The van der Waals surface area contributed by atoms with E-state index in [2.05, 4.69) is 24.9 Å². The van der Waals surface area contributed by atoms with Crippen molar-refractivity contribution in [2.24, 2.45) is 0 Å². The van der Waals surface area contributed by atoms with E-state index in [1.165, 1.54) is 0 Å². The molecule has 0 N–H and O–H groups in total. The molecule has 5 nitrogen and oxygen atoms in total. The number of nitriles is 1. The fourth-order valence-corrected chi connectivity index (χ4v) is 2.85. The van der Waals surface area contributed by atoms with Gasteiger partial charge in [-0.25, -0.2) is 4.98 Å². The van der Waals surface area contributed by atoms with Crippen LogP contribution in [-0.4, -0.2) is 30.5 Å². The fraction of sp³-hybridized carbons (Fsp3) is 0.316. The normalized spacial score (nSPS) is 14.8. The van der Waals surface area contributed by atoms with Gasteiger partial charge in [-0.3, -0.25) is 4.79 Å². The Labute approximate surface area is 142 Å². The molecule has 0 bridgehead atoms. The van der Waals surface area contributed by atoms with Crippen molar-refractivity contribution in [3.8, 4) is 6.07 Å². The molecule has 0 radical (unpaired) electrons. The summed E-state index contributed by atoms with van der Waals surface area (Å²) >= 11 is 0. The smallest absolute Gasteiger partial charge is 0.246 e. The van der Waals surface area contributed by atoms with Crippen LogP contribution in [-0.2, 0) is 4.79 Å². The van der Waals surface area contributed by atoms with Crippen LogP contribution in [0.25, 0.3) is 0 Å². The van der Waals surface area contributed by atoms with Crippen LogP contribution in [0.1, 0.15) is 31.0 Å². The van der Waals surface area contributed by atoms with Crippen molar-refractivity contribution in [3.05, 3.63) is 53.7 Å². The van der Waals surface area contributed by atoms with Gasteiger partial charge in [0.25, 0.3) is 0 Å². The second kappa shape index (κ2) is 6.71. The van der Waals surface area contributed by atoms with E-state index in [4.69, 9.17) is 0 Å². The lowest BCUT2D eigenvalue weighted by Gasteiger charge is -2.35. The summed E-state index contributed by atoms with van der Waals surface area (Å²) in [5.41, 5.74) is 2.36. The second-order valence-corrected chi connectivity index (χ2v) is 6.18. The Morgan fingerprint density at radius 2 is 1.88 bits per heavy atom. The van der Waals surface area contributed by atoms with E-state index in [9.17, 15) is 10.1 Å². The van der Waals surface area contributed by atoms with Gasteiger partial charge in [0.15, 0.2) is 0 Å². The predicted octanol–water partition coefficient (Wildman–Crippen LogP) is 2.93. The van der Waals surface area contributed by atoms with Crippen LogP contribution < -0.4 is 9.80 Å². The predicted molar refractivity (Wildman–Crippen MR) is 94.0 cm³/mol. The Hall–Kier alpha value is -2.87. The molecule has 3 rings (SSSR count). The molecule has 0 spiro atoms. The number of piperazine rings is 1. The lowest BCUT2D eigenvalue weighted by molar-refractivity contribution is -0.117. The van der Waals surface area contributed by atoms with E-state index in [1.807, 2.05) is 41.3 Å². The molecule has 1 amide bonds. The summed E-state index contributed by atoms with van der Waals surface area (Å²) in [5, 5.41) is 9.36. The zero-order chi connectivity index (χ0) is 17.1. The van der Waals surface area contributed by atoms with Crippen LogP contribution in [0.2, 0.25) is 0 Å². The summed E-state index contributed by atoms with van der Waals surface area (Å²) in [5.74, 6) is 0.913. The van der Waals surface area contributed by atoms with E-state index < -0.39 is 0 Å². The topological polar surface area (TPSA) is 60.2 Å². The number of benzene rings is 1. The summed E-state index contributed by atoms with van der Waals surface area (Å²) in [4.78, 5) is 20.9. The number of hydrogen-bond donors (Lipinski definition) is 0. The maximum atomic E-state index is 12.6. The highest BCUT2D eigenvalue weighted by atomic mass is 16.2. The number of hydrogen-bond acceptors (Lipinski definition) is 4. The van der Waals surface area contributed by atoms with Crippen LogP contribution in [0.5, 0.6) is 0 Å². The van der Waals surface area contributed by atoms with Gasteiger partial charge in [-0.15, -0.1) is 0 Å². The van der Waals surface area contributed by atoms with Gasteiger partial charge in [-0.05, 0) is 30.2 Å². The van der Waals surface area contributed by atoms with Crippen molar-refractivity contribution in [3.63, 3.8) is 0 Å². The summed E-state index contributed by atoms with van der Waals surface area (Å²) < 4.78 is 0. The molecule has 2 aromatic rings. The zero-order valence-electron chi connectivity index (χ0n) is 13.9. The molecule has 1 aromatic heterocycles. The molecule has 1 saturated heterocycles. The monoisotopic (exact) mass is 320 g/mol. The average Bonchev–Trinajstić information content (AvgIpc) is 2.61. The van der Waals surface area contributed by atoms with E-state index in [0.29, 0.717) is 24.5 Å². The zero-order valence-corrected chi connectivity index (χ0v) is 13.9. The molecule has 1 aliphatic heterocycles. The number of aromatic nitrogens is 1. The number of amides is 1. The number of rotatable bonds is 3. The minimum Gasteiger partial charge on any atom is -0.344 e. The molecular formula is C19H20N4O. The van der Waals surface area contributed by atoms with Gasteiger partial charge in [-0.1, -0.05) is 32.0 Å². The Morgan fingerprint density at radius 3 is 2.50 bits per heavy atom. The number of para-hydroxylation sites is 1. The van der Waals surface area contributed by atoms with Gasteiger partial charge in [0.05, 0.1) is 12.1 Å². The number of anilines is 2. The molecule has 1 aliphatic rings. The molecule has 0 unspecified atom stereocenters. The SMILES string of the molecule is CC(C)c1ccc(C#N)c(N2CCN(c3ccccc3)C(=O)C2)n1. The van der Waals surface area contributed by atoms with E-state index in [-0.39, 0.29) is 18.4 Å². The average molecular weight is 320 g/mol. The summed E-state index contributed by atoms with van der Waals surface area (Å²) in [7, 11) is 0. The highest BCUT2D eigenvalue weighted by Crippen LogP contribution is 2.24. The lowest BCUT2D eigenvalue weighted by atomic mass is 10.1. The summed E-state index contributed by atoms with van der Waals surface area (Å²) in [6.07, 6.45) is 0. The van der Waals surface area contributed by atoms with Crippen molar-refractivity contribution in [2.75, 3.05) is 29.4 Å². The minimum atomic E-state index is 0.0214. The van der Waals surface area contributed by atoms with Crippen molar-refractivity contribution in [1.29, 1.82) is 5.26 Å². The molecule has 0 atom stereocenters. The van der Waals surface area contributed by atoms with Crippen LogP contribution in [0, 0.1) is 11.3 Å². The van der Waals surface area contributed by atoms with Crippen molar-refractivity contribution < 1.29 is 4.79 Å². The minimum absolute atomic E-state index is 0.0214. The van der Waals surface area contributed by atoms with Crippen LogP contribution in [0.3, 0.4) is 0 Å². The molecule has 24 heavy (non-hydrogen) atoms. The quantitative estimate of drug-likeness (QED) is 0.872. The molecule has 122 valence electrons. The Bertz CT molecular complexity index is 780. The van der Waals surface area contributed by atoms with Gasteiger partial charge >= 0.3 is 0 Å². The van der Waals surface area contributed by atoms with Crippen molar-refractivity contribution >= 4 is 17.4 Å². The van der Waals surface area contributed by atoms with E-state index in [0.717, 1.165) is 11.4 Å². The maximum Gasteiger partial charge on any atom is 0.246 e. The molecule has 0 aliphatic carbocycles. The summed E-state index contributed by atoms with van der Waals surface area (Å²) in [6.45, 7) is 5.61. The first-order valence-electron chi connectivity index (χ1n) is 8.11. The first-order valence-corrected chi connectivity index (χ1v) is 8.11. The largest absolute Gasteiger partial charge is 0.344 e. The molecule has 2 heterocycles. The molecular weight excluding hydrogens is 300 g/mol. The third-order valence-electron chi connectivity index (χ3n) is 4.20. The van der Waals surface area contributed by atoms with Crippen LogP contribution >= 0.6 is 0 Å². The number of carbonyl (C=O) groups is 1. The highest BCUT2D eigenvalue weighted by molar-refractivity contribution is 5.97. The number of pyridine rings is 1. The Morgan fingerprint density at radius 1 is 1.12 bits per heavy atom. The summed E-state index contributed by atoms with van der Waals surface area (Å²) in [6, 6.07) is 15.5. The first kappa shape index (κ1) is 16.0. The van der Waals surface area contributed by atoms with Gasteiger partial charge in [0.2, 0.25) is 5.91 Å². The van der Waals surface area contributed by atoms with Gasteiger partial charge in [0, 0.05) is 24.5 Å². The lowest BCUT2D eigenvalue weighted by Crippen LogP contribution is -2.51. The Kier molecular flexibility index (Phi) is 4.48. The number of nitrogens with zero attached hydrogens (tertiary/aromatic N) is 4. The number of carbonyl (C=O) groups excluding carboxylic acids is 1. The Balaban J connectivity index is 1.85. The second-order valence-electron chi connectivity index (χ2n) is 6.18. The molecule has 1 aromatic carbocycles. The highest BCUT2D eigenvalue weighted by Gasteiger charge is 2.27. The van der Waals surface area contributed by atoms with Crippen molar-refractivity contribution in [1.82, 2.24) is 4.98 Å². The third kappa shape index (κ3) is 3.09. The molecule has 0 saturated carbocycles. The van der Waals surface area contributed by atoms with Crippen LogP contribution in [0.15, 0.2) is 42.5 Å². The van der Waals surface area contributed by atoms with Crippen molar-refractivity contribution in [2.45, 2.75) is 19.8 Å². The first-order chi connectivity index (χ1) is 11.6. The van der Waals surface area contributed by atoms with Crippen LogP contribution in [0.4, 0.5) is 11.5 Å².